The van der Waals surface area contributed by atoms with Gasteiger partial charge in [-0.1, -0.05) is 25.1 Å². The molecule has 1 saturated heterocycles. The van der Waals surface area contributed by atoms with Crippen molar-refractivity contribution in [3.63, 3.8) is 0 Å². The topological polar surface area (TPSA) is 23.5 Å². The van der Waals surface area contributed by atoms with E-state index in [4.69, 9.17) is 0 Å². The Labute approximate surface area is 120 Å². The van der Waals surface area contributed by atoms with Crippen molar-refractivity contribution in [2.45, 2.75) is 44.8 Å². The zero-order valence-corrected chi connectivity index (χ0v) is 12.2. The van der Waals surface area contributed by atoms with E-state index in [1.807, 2.05) is 0 Å². The molecule has 110 valence electrons. The Morgan fingerprint density at radius 1 is 1.40 bits per heavy atom. The molecule has 0 bridgehead atoms. The lowest BCUT2D eigenvalue weighted by molar-refractivity contribution is -0.0169. The molecule has 2 aliphatic heterocycles. The molecule has 20 heavy (non-hydrogen) atoms. The largest absolute Gasteiger partial charge is 0.393 e. The molecule has 1 aromatic carbocycles. The van der Waals surface area contributed by atoms with Gasteiger partial charge in [0.1, 0.15) is 0 Å². The van der Waals surface area contributed by atoms with Gasteiger partial charge in [0.15, 0.2) is 0 Å². The van der Waals surface area contributed by atoms with E-state index in [0.29, 0.717) is 12.5 Å². The van der Waals surface area contributed by atoms with Crippen molar-refractivity contribution in [3.8, 4) is 0 Å². The summed E-state index contributed by atoms with van der Waals surface area (Å²) in [5, 5.41) is 10.3. The molecule has 1 N–H and O–H groups in total. The Morgan fingerprint density at radius 2 is 2.25 bits per heavy atom. The number of benzene rings is 1. The third kappa shape index (κ3) is 2.49. The molecule has 2 nitrogen and oxygen atoms in total. The van der Waals surface area contributed by atoms with Crippen molar-refractivity contribution in [2.24, 2.45) is 5.92 Å². The van der Waals surface area contributed by atoms with Gasteiger partial charge in [-0.05, 0) is 42.4 Å². The summed E-state index contributed by atoms with van der Waals surface area (Å²) in [4.78, 5) is 2.45. The molecule has 1 fully saturated rings. The fourth-order valence-corrected chi connectivity index (χ4v) is 3.78. The summed E-state index contributed by atoms with van der Waals surface area (Å²) in [6.07, 6.45) is 3.02. The molecule has 3 heteroatoms. The number of rotatable bonds is 3. The second-order valence-electron chi connectivity index (χ2n) is 6.19. The van der Waals surface area contributed by atoms with Crippen LogP contribution < -0.4 is 0 Å². The Bertz CT molecular complexity index is 476. The van der Waals surface area contributed by atoms with Crippen molar-refractivity contribution >= 4 is 0 Å². The average molecular weight is 276 g/mol. The zero-order chi connectivity index (χ0) is 14.1. The first-order valence-corrected chi connectivity index (χ1v) is 7.82. The maximum absolute atomic E-state index is 12.6. The molecule has 0 aromatic heterocycles. The van der Waals surface area contributed by atoms with E-state index in [-0.39, 0.29) is 18.7 Å². The minimum Gasteiger partial charge on any atom is -0.393 e. The van der Waals surface area contributed by atoms with Crippen LogP contribution in [0.25, 0.3) is 0 Å². The fourth-order valence-electron chi connectivity index (χ4n) is 3.78. The number of fused-ring (bicyclic) bond motifs is 3. The highest BCUT2D eigenvalue weighted by Crippen LogP contribution is 2.39. The first-order chi connectivity index (χ1) is 9.72. The molecule has 3 rings (SSSR count). The predicted molar refractivity (Wildman–Crippen MR) is 78.5 cm³/mol. The molecule has 0 saturated carbocycles. The molecule has 2 heterocycles. The SMILES string of the molecule is CCc1ccc2c(c1)[C@H]1C[C@@H](O)[C@H](CC[18F])CN1CC2. The number of aliphatic hydroxyl groups excluding tert-OH is 1. The number of hydrogen-bond donors (Lipinski definition) is 1. The molecule has 0 unspecified atom stereocenters. The average Bonchev–Trinajstić information content (AvgIpc) is 2.48. The van der Waals surface area contributed by atoms with Crippen LogP contribution in [0.15, 0.2) is 18.2 Å². The van der Waals surface area contributed by atoms with E-state index in [1.165, 1.54) is 16.7 Å². The molecule has 0 amide bonds. The van der Waals surface area contributed by atoms with Gasteiger partial charge in [0, 0.05) is 25.0 Å². The van der Waals surface area contributed by atoms with Crippen molar-refractivity contribution in [1.29, 1.82) is 0 Å². The zero-order valence-electron chi connectivity index (χ0n) is 12.2. The van der Waals surface area contributed by atoms with Gasteiger partial charge in [-0.2, -0.15) is 0 Å². The van der Waals surface area contributed by atoms with Gasteiger partial charge in [0.25, 0.3) is 0 Å². The number of nitrogens with zero attached hydrogens (tertiary/aromatic N) is 1. The van der Waals surface area contributed by atoms with Gasteiger partial charge < -0.3 is 5.11 Å². The van der Waals surface area contributed by atoms with Gasteiger partial charge >= 0.3 is 0 Å². The van der Waals surface area contributed by atoms with Crippen LogP contribution in [0.2, 0.25) is 0 Å². The number of aliphatic hydroxyl groups is 1. The van der Waals surface area contributed by atoms with Gasteiger partial charge in [-0.15, -0.1) is 0 Å². The standard InChI is InChI=1S/C17H24FNO/c1-2-12-3-4-13-6-8-19-11-14(5-7-18)17(20)10-16(19)15(13)9-12/h3-4,9,14,16-17,20H,2,5-8,10-11H2,1H3/t14-,16-,17-/m1/s1/i18-1. The van der Waals surface area contributed by atoms with E-state index in [0.717, 1.165) is 32.4 Å². The summed E-state index contributed by atoms with van der Waals surface area (Å²) in [7, 11) is 0. The number of alkyl halides is 1. The third-order valence-electron chi connectivity index (χ3n) is 5.04. The molecular weight excluding hydrogens is 252 g/mol. The van der Waals surface area contributed by atoms with Gasteiger partial charge in [-0.3, -0.25) is 9.29 Å². The second-order valence-corrected chi connectivity index (χ2v) is 6.19. The predicted octanol–water partition coefficient (Wildman–Crippen LogP) is 2.89. The summed E-state index contributed by atoms with van der Waals surface area (Å²) in [6.45, 7) is 3.73. The van der Waals surface area contributed by atoms with E-state index in [1.54, 1.807) is 0 Å². The highest BCUT2D eigenvalue weighted by Gasteiger charge is 2.37. The Hall–Kier alpha value is -0.930. The maximum Gasteiger partial charge on any atom is 0.0898 e. The normalized spacial score (nSPS) is 29.9. The van der Waals surface area contributed by atoms with Crippen LogP contribution in [-0.4, -0.2) is 35.9 Å². The summed E-state index contributed by atoms with van der Waals surface area (Å²) < 4.78 is 12.6. The summed E-state index contributed by atoms with van der Waals surface area (Å²) >= 11 is 0. The smallest absolute Gasteiger partial charge is 0.0898 e. The minimum absolute atomic E-state index is 0.104. The van der Waals surface area contributed by atoms with Crippen LogP contribution in [0.5, 0.6) is 0 Å². The first kappa shape index (κ1) is 14.0. The van der Waals surface area contributed by atoms with E-state index in [2.05, 4.69) is 30.0 Å². The second kappa shape index (κ2) is 5.82. The molecule has 2 aliphatic rings. The Balaban J connectivity index is 1.85. The van der Waals surface area contributed by atoms with E-state index >= 15 is 0 Å². The molecule has 0 aliphatic carbocycles. The highest BCUT2D eigenvalue weighted by molar-refractivity contribution is 5.37. The quantitative estimate of drug-likeness (QED) is 0.917. The van der Waals surface area contributed by atoms with Gasteiger partial charge in [0.05, 0.1) is 12.8 Å². The summed E-state index contributed by atoms with van der Waals surface area (Å²) in [5.74, 6) is 0.104. The van der Waals surface area contributed by atoms with Crippen LogP contribution in [-0.2, 0) is 12.8 Å². The van der Waals surface area contributed by atoms with Crippen LogP contribution in [0, 0.1) is 5.92 Å². The molecular formula is C17H24FNO. The lowest BCUT2D eigenvalue weighted by Gasteiger charge is -2.45. The van der Waals surface area contributed by atoms with E-state index < -0.39 is 0 Å². The van der Waals surface area contributed by atoms with Crippen molar-refractivity contribution < 1.29 is 9.50 Å². The maximum atomic E-state index is 12.6. The minimum atomic E-state index is -0.358. The third-order valence-corrected chi connectivity index (χ3v) is 5.04. The van der Waals surface area contributed by atoms with Crippen LogP contribution in [0.1, 0.15) is 42.5 Å². The van der Waals surface area contributed by atoms with Gasteiger partial charge in [-0.25, -0.2) is 0 Å². The molecule has 1 aromatic rings. The fraction of sp³-hybridized carbons (Fsp3) is 0.647. The van der Waals surface area contributed by atoms with Crippen molar-refractivity contribution in [3.05, 3.63) is 34.9 Å². The van der Waals surface area contributed by atoms with Crippen LogP contribution in [0.4, 0.5) is 4.39 Å². The molecule has 3 atom stereocenters. The Kier molecular flexibility index (Phi) is 4.08. The Morgan fingerprint density at radius 3 is 3.00 bits per heavy atom. The van der Waals surface area contributed by atoms with E-state index in [9.17, 15) is 9.50 Å². The lowest BCUT2D eigenvalue weighted by atomic mass is 9.80. The highest BCUT2D eigenvalue weighted by atomic mass is 18.2. The van der Waals surface area contributed by atoms with Gasteiger partial charge in [0.2, 0.25) is 0 Å². The van der Waals surface area contributed by atoms with Crippen molar-refractivity contribution in [1.82, 2.24) is 4.90 Å². The van der Waals surface area contributed by atoms with Crippen molar-refractivity contribution in [2.75, 3.05) is 19.8 Å². The number of halogens is 1. The monoisotopic (exact) mass is 276 g/mol. The summed E-state index contributed by atoms with van der Waals surface area (Å²) in [5.41, 5.74) is 4.19. The number of aryl methyl sites for hydroxylation is 1. The van der Waals surface area contributed by atoms with Crippen LogP contribution >= 0.6 is 0 Å². The van der Waals surface area contributed by atoms with Crippen LogP contribution in [0.3, 0.4) is 0 Å². The molecule has 0 spiro atoms. The summed E-state index contributed by atoms with van der Waals surface area (Å²) in [6, 6.07) is 7.12. The number of hydrogen-bond acceptors (Lipinski definition) is 2. The first-order valence-electron chi connectivity index (χ1n) is 7.82. The number of piperidine rings is 1. The molecule has 0 radical (unpaired) electrons. The lowest BCUT2D eigenvalue weighted by Crippen LogP contribution is -2.48.